The summed E-state index contributed by atoms with van der Waals surface area (Å²) >= 11 is 0. The third kappa shape index (κ3) is 7.30. The molecular weight excluding hydrogens is 458 g/mol. The fourth-order valence-electron chi connectivity index (χ4n) is 3.35. The van der Waals surface area contributed by atoms with Crippen molar-refractivity contribution in [3.8, 4) is 23.0 Å². The lowest BCUT2D eigenvalue weighted by molar-refractivity contribution is -0.0514. The number of ether oxygens (including phenoxy) is 4. The summed E-state index contributed by atoms with van der Waals surface area (Å²) < 4.78 is 46.8. The first-order valence-electron chi connectivity index (χ1n) is 11.2. The van der Waals surface area contributed by atoms with Gasteiger partial charge in [0.15, 0.2) is 23.0 Å². The Kier molecular flexibility index (Phi) is 9.23. The van der Waals surface area contributed by atoms with Gasteiger partial charge in [0.25, 0.3) is 5.91 Å². The molecule has 0 fully saturated rings. The van der Waals surface area contributed by atoms with Crippen molar-refractivity contribution in [1.29, 1.82) is 0 Å². The van der Waals surface area contributed by atoms with E-state index >= 15 is 0 Å². The van der Waals surface area contributed by atoms with Crippen LogP contribution in [0, 0.1) is 0 Å². The molecule has 0 spiro atoms. The van der Waals surface area contributed by atoms with Crippen molar-refractivity contribution >= 4 is 5.91 Å². The highest BCUT2D eigenvalue weighted by atomic mass is 19.3. The Morgan fingerprint density at radius 1 is 0.857 bits per heavy atom. The summed E-state index contributed by atoms with van der Waals surface area (Å²) in [6.07, 6.45) is 3.38. The van der Waals surface area contributed by atoms with E-state index in [1.54, 1.807) is 56.7 Å². The highest BCUT2D eigenvalue weighted by Gasteiger charge is 2.17. The van der Waals surface area contributed by atoms with Gasteiger partial charge in [0.05, 0.1) is 13.2 Å². The van der Waals surface area contributed by atoms with Gasteiger partial charge in [-0.25, -0.2) is 0 Å². The summed E-state index contributed by atoms with van der Waals surface area (Å²) in [5, 5.41) is 0. The van der Waals surface area contributed by atoms with Gasteiger partial charge in [-0.2, -0.15) is 8.78 Å². The number of benzene rings is 2. The SMILES string of the molecule is CCOc1cc(C(=O)N(C)Cc2ccc(OC(F)F)c(OCC)c2)ccc1OCc1ccncc1. The van der Waals surface area contributed by atoms with Gasteiger partial charge in [0.2, 0.25) is 0 Å². The zero-order chi connectivity index (χ0) is 25.2. The van der Waals surface area contributed by atoms with E-state index in [0.717, 1.165) is 5.56 Å². The maximum atomic E-state index is 13.1. The van der Waals surface area contributed by atoms with E-state index in [2.05, 4.69) is 9.72 Å². The van der Waals surface area contributed by atoms with Crippen LogP contribution in [0.4, 0.5) is 8.78 Å². The molecule has 0 aliphatic rings. The van der Waals surface area contributed by atoms with Crippen LogP contribution in [0.25, 0.3) is 0 Å². The van der Waals surface area contributed by atoms with Crippen molar-refractivity contribution < 1.29 is 32.5 Å². The van der Waals surface area contributed by atoms with Crippen LogP contribution in [-0.4, -0.2) is 42.7 Å². The first-order chi connectivity index (χ1) is 16.9. The molecule has 1 aromatic heterocycles. The molecule has 0 aliphatic heterocycles. The van der Waals surface area contributed by atoms with Gasteiger partial charge in [-0.15, -0.1) is 0 Å². The Labute approximate surface area is 203 Å². The van der Waals surface area contributed by atoms with E-state index in [0.29, 0.717) is 35.8 Å². The van der Waals surface area contributed by atoms with E-state index in [1.807, 2.05) is 19.1 Å². The number of carbonyl (C=O) groups is 1. The first-order valence-corrected chi connectivity index (χ1v) is 11.2. The molecule has 0 N–H and O–H groups in total. The number of aromatic nitrogens is 1. The second-order valence-electron chi connectivity index (χ2n) is 7.49. The fraction of sp³-hybridized carbons (Fsp3) is 0.308. The minimum atomic E-state index is -2.96. The number of nitrogens with zero attached hydrogens (tertiary/aromatic N) is 2. The van der Waals surface area contributed by atoms with E-state index in [1.165, 1.54) is 11.0 Å². The quantitative estimate of drug-likeness (QED) is 0.345. The van der Waals surface area contributed by atoms with Crippen molar-refractivity contribution in [3.05, 3.63) is 77.6 Å². The molecule has 0 saturated heterocycles. The number of carbonyl (C=O) groups excluding carboxylic acids is 1. The third-order valence-corrected chi connectivity index (χ3v) is 4.92. The number of amides is 1. The predicted molar refractivity (Wildman–Crippen MR) is 126 cm³/mol. The monoisotopic (exact) mass is 486 g/mol. The highest BCUT2D eigenvalue weighted by molar-refractivity contribution is 5.94. The topological polar surface area (TPSA) is 70.1 Å². The van der Waals surface area contributed by atoms with Crippen LogP contribution in [-0.2, 0) is 13.2 Å². The van der Waals surface area contributed by atoms with Crippen LogP contribution in [0.5, 0.6) is 23.0 Å². The maximum Gasteiger partial charge on any atom is 0.387 e. The average molecular weight is 487 g/mol. The molecule has 1 amide bonds. The Morgan fingerprint density at radius 3 is 2.17 bits per heavy atom. The lowest BCUT2D eigenvalue weighted by Gasteiger charge is -2.20. The Balaban J connectivity index is 1.73. The number of hydrogen-bond donors (Lipinski definition) is 0. The molecule has 0 radical (unpaired) electrons. The van der Waals surface area contributed by atoms with Crippen LogP contribution in [0.15, 0.2) is 60.9 Å². The third-order valence-electron chi connectivity index (χ3n) is 4.92. The molecule has 0 saturated carbocycles. The van der Waals surface area contributed by atoms with Crippen LogP contribution in [0.1, 0.15) is 35.3 Å². The minimum absolute atomic E-state index is 0.0525. The molecule has 35 heavy (non-hydrogen) atoms. The molecule has 7 nitrogen and oxygen atoms in total. The van der Waals surface area contributed by atoms with Crippen molar-refractivity contribution in [2.45, 2.75) is 33.6 Å². The van der Waals surface area contributed by atoms with Crippen molar-refractivity contribution in [1.82, 2.24) is 9.88 Å². The molecule has 2 aromatic carbocycles. The number of hydrogen-bond acceptors (Lipinski definition) is 6. The van der Waals surface area contributed by atoms with Crippen molar-refractivity contribution in [2.75, 3.05) is 20.3 Å². The molecule has 186 valence electrons. The van der Waals surface area contributed by atoms with Gasteiger partial charge < -0.3 is 23.8 Å². The second-order valence-corrected chi connectivity index (χ2v) is 7.49. The van der Waals surface area contributed by atoms with E-state index in [4.69, 9.17) is 14.2 Å². The summed E-state index contributed by atoms with van der Waals surface area (Å²) in [7, 11) is 1.65. The molecule has 3 aromatic rings. The second kappa shape index (κ2) is 12.5. The zero-order valence-electron chi connectivity index (χ0n) is 19.9. The van der Waals surface area contributed by atoms with E-state index in [9.17, 15) is 13.6 Å². The summed E-state index contributed by atoms with van der Waals surface area (Å²) in [5.74, 6) is 0.896. The van der Waals surface area contributed by atoms with Crippen molar-refractivity contribution in [2.24, 2.45) is 0 Å². The van der Waals surface area contributed by atoms with Gasteiger partial charge in [-0.1, -0.05) is 6.07 Å². The molecule has 1 heterocycles. The molecule has 0 aliphatic carbocycles. The van der Waals surface area contributed by atoms with Crippen molar-refractivity contribution in [3.63, 3.8) is 0 Å². The van der Waals surface area contributed by atoms with Crippen LogP contribution in [0.3, 0.4) is 0 Å². The molecule has 0 atom stereocenters. The standard InChI is InChI=1S/C26H28F2N2O5/c1-4-32-23-14-19(6-8-22(23)35-26(27)28)16-30(3)25(31)20-7-9-21(24(15-20)33-5-2)34-17-18-10-12-29-13-11-18/h6-15,26H,4-5,16-17H2,1-3H3. The maximum absolute atomic E-state index is 13.1. The predicted octanol–water partition coefficient (Wildman–Crippen LogP) is 5.33. The average Bonchev–Trinajstić information content (AvgIpc) is 2.85. The van der Waals surface area contributed by atoms with Crippen LogP contribution < -0.4 is 18.9 Å². The van der Waals surface area contributed by atoms with E-state index in [-0.39, 0.29) is 30.6 Å². The smallest absolute Gasteiger partial charge is 0.387 e. The molecule has 9 heteroatoms. The Hall–Kier alpha value is -3.88. The van der Waals surface area contributed by atoms with Gasteiger partial charge in [-0.3, -0.25) is 9.78 Å². The number of alkyl halides is 2. The summed E-state index contributed by atoms with van der Waals surface area (Å²) in [5.41, 5.74) is 2.09. The summed E-state index contributed by atoms with van der Waals surface area (Å²) in [4.78, 5) is 18.6. The van der Waals surface area contributed by atoms with Gasteiger partial charge in [0.1, 0.15) is 6.61 Å². The van der Waals surface area contributed by atoms with Gasteiger partial charge >= 0.3 is 6.61 Å². The Morgan fingerprint density at radius 2 is 1.51 bits per heavy atom. The lowest BCUT2D eigenvalue weighted by atomic mass is 10.1. The number of pyridine rings is 1. The van der Waals surface area contributed by atoms with Crippen LogP contribution in [0.2, 0.25) is 0 Å². The number of rotatable bonds is 12. The van der Waals surface area contributed by atoms with Gasteiger partial charge in [-0.05, 0) is 67.4 Å². The lowest BCUT2D eigenvalue weighted by Crippen LogP contribution is -2.26. The minimum Gasteiger partial charge on any atom is -0.490 e. The largest absolute Gasteiger partial charge is 0.490 e. The normalized spacial score (nSPS) is 10.7. The molecular formula is C26H28F2N2O5. The van der Waals surface area contributed by atoms with E-state index < -0.39 is 6.61 Å². The molecule has 0 bridgehead atoms. The Bertz CT molecular complexity index is 1110. The van der Waals surface area contributed by atoms with Crippen LogP contribution >= 0.6 is 0 Å². The van der Waals surface area contributed by atoms with Gasteiger partial charge in [0, 0.05) is 31.5 Å². The fourth-order valence-corrected chi connectivity index (χ4v) is 3.35. The molecule has 0 unspecified atom stereocenters. The molecule has 3 rings (SSSR count). The zero-order valence-corrected chi connectivity index (χ0v) is 19.9. The summed E-state index contributed by atoms with van der Waals surface area (Å²) in [6.45, 7) is 1.90. The number of halogens is 2. The highest BCUT2D eigenvalue weighted by Crippen LogP contribution is 2.32. The summed E-state index contributed by atoms with van der Waals surface area (Å²) in [6, 6.07) is 13.4. The first kappa shape index (κ1) is 25.7.